The van der Waals surface area contributed by atoms with Gasteiger partial charge in [-0.3, -0.25) is 4.79 Å². The number of nitrogens with one attached hydrogen (secondary N) is 1. The summed E-state index contributed by atoms with van der Waals surface area (Å²) < 4.78 is 0. The van der Waals surface area contributed by atoms with Gasteiger partial charge in [0.05, 0.1) is 6.10 Å². The fourth-order valence-electron chi connectivity index (χ4n) is 1.07. The standard InChI is InChI=1S/C10H13NO2/c1-8-2-4-9(5-3-8)10(13)6-11-7-12/h2-5,7,10,13H,6H2,1H3,(H,11,12). The van der Waals surface area contributed by atoms with Crippen molar-refractivity contribution in [2.75, 3.05) is 6.54 Å². The van der Waals surface area contributed by atoms with Gasteiger partial charge in [-0.2, -0.15) is 0 Å². The topological polar surface area (TPSA) is 49.3 Å². The molecule has 70 valence electrons. The predicted octanol–water partition coefficient (Wildman–Crippen LogP) is 0.774. The minimum absolute atomic E-state index is 0.257. The molecule has 0 radical (unpaired) electrons. The van der Waals surface area contributed by atoms with Crippen LogP contribution in [0.2, 0.25) is 0 Å². The molecule has 3 nitrogen and oxygen atoms in total. The average molecular weight is 179 g/mol. The van der Waals surface area contributed by atoms with E-state index in [1.54, 1.807) is 0 Å². The van der Waals surface area contributed by atoms with Crippen LogP contribution in [0.3, 0.4) is 0 Å². The van der Waals surface area contributed by atoms with Crippen molar-refractivity contribution in [3.05, 3.63) is 35.4 Å². The number of benzene rings is 1. The molecule has 3 heteroatoms. The second-order valence-corrected chi connectivity index (χ2v) is 2.95. The third kappa shape index (κ3) is 2.87. The van der Waals surface area contributed by atoms with E-state index >= 15 is 0 Å². The van der Waals surface area contributed by atoms with E-state index in [-0.39, 0.29) is 6.54 Å². The maximum Gasteiger partial charge on any atom is 0.207 e. The largest absolute Gasteiger partial charge is 0.387 e. The quantitative estimate of drug-likeness (QED) is 0.671. The van der Waals surface area contributed by atoms with Crippen molar-refractivity contribution in [2.24, 2.45) is 0 Å². The number of amides is 1. The van der Waals surface area contributed by atoms with E-state index in [1.165, 1.54) is 0 Å². The molecule has 2 N–H and O–H groups in total. The number of hydrogen-bond donors (Lipinski definition) is 2. The molecule has 0 saturated heterocycles. The highest BCUT2D eigenvalue weighted by Gasteiger charge is 2.04. The number of rotatable bonds is 4. The van der Waals surface area contributed by atoms with Gasteiger partial charge in [-0.15, -0.1) is 0 Å². The van der Waals surface area contributed by atoms with Crippen molar-refractivity contribution < 1.29 is 9.90 Å². The Labute approximate surface area is 77.4 Å². The van der Waals surface area contributed by atoms with Crippen LogP contribution in [0.4, 0.5) is 0 Å². The van der Waals surface area contributed by atoms with E-state index in [0.717, 1.165) is 11.1 Å². The molecule has 0 spiro atoms. The number of carbonyl (C=O) groups is 1. The van der Waals surface area contributed by atoms with Crippen molar-refractivity contribution in [1.82, 2.24) is 5.32 Å². The highest BCUT2D eigenvalue weighted by atomic mass is 16.3. The molecule has 0 aliphatic heterocycles. The van der Waals surface area contributed by atoms with Gasteiger partial charge in [0.1, 0.15) is 0 Å². The summed E-state index contributed by atoms with van der Waals surface area (Å²) in [6, 6.07) is 7.57. The molecule has 0 aliphatic carbocycles. The van der Waals surface area contributed by atoms with Gasteiger partial charge in [-0.25, -0.2) is 0 Å². The van der Waals surface area contributed by atoms with E-state index in [0.29, 0.717) is 6.41 Å². The SMILES string of the molecule is Cc1ccc(C(O)CNC=O)cc1. The predicted molar refractivity (Wildman–Crippen MR) is 50.2 cm³/mol. The number of carbonyl (C=O) groups excluding carboxylic acids is 1. The van der Waals surface area contributed by atoms with Gasteiger partial charge in [0.2, 0.25) is 6.41 Å². The van der Waals surface area contributed by atoms with Gasteiger partial charge in [-0.05, 0) is 12.5 Å². The lowest BCUT2D eigenvalue weighted by Crippen LogP contribution is -2.19. The monoisotopic (exact) mass is 179 g/mol. The summed E-state index contributed by atoms with van der Waals surface area (Å²) in [6.45, 7) is 2.24. The lowest BCUT2D eigenvalue weighted by Gasteiger charge is -2.09. The maximum absolute atomic E-state index is 9.97. The lowest BCUT2D eigenvalue weighted by atomic mass is 10.1. The molecule has 1 aromatic carbocycles. The number of aryl methyl sites for hydroxylation is 1. The van der Waals surface area contributed by atoms with Gasteiger partial charge in [0.25, 0.3) is 0 Å². The summed E-state index contributed by atoms with van der Waals surface area (Å²) in [6.07, 6.45) is -0.0389. The van der Waals surface area contributed by atoms with Crippen LogP contribution in [0, 0.1) is 6.92 Å². The smallest absolute Gasteiger partial charge is 0.207 e. The highest BCUT2D eigenvalue weighted by Crippen LogP contribution is 2.12. The molecule has 0 fully saturated rings. The zero-order valence-corrected chi connectivity index (χ0v) is 7.53. The second kappa shape index (κ2) is 4.62. The Kier molecular flexibility index (Phi) is 3.46. The third-order valence-corrected chi connectivity index (χ3v) is 1.86. The normalized spacial score (nSPS) is 12.2. The van der Waals surface area contributed by atoms with Crippen molar-refractivity contribution in [3.8, 4) is 0 Å². The first-order valence-corrected chi connectivity index (χ1v) is 4.15. The molecular weight excluding hydrogens is 166 g/mol. The van der Waals surface area contributed by atoms with Gasteiger partial charge in [-0.1, -0.05) is 29.8 Å². The van der Waals surface area contributed by atoms with Crippen molar-refractivity contribution in [3.63, 3.8) is 0 Å². The molecule has 1 unspecified atom stereocenters. The second-order valence-electron chi connectivity index (χ2n) is 2.95. The Balaban J connectivity index is 2.60. The Bertz CT molecular complexity index is 269. The zero-order chi connectivity index (χ0) is 9.68. The van der Waals surface area contributed by atoms with Gasteiger partial charge >= 0.3 is 0 Å². The summed E-state index contributed by atoms with van der Waals surface area (Å²) >= 11 is 0. The third-order valence-electron chi connectivity index (χ3n) is 1.86. The summed E-state index contributed by atoms with van der Waals surface area (Å²) in [5, 5.41) is 12.0. The van der Waals surface area contributed by atoms with Crippen LogP contribution in [0.5, 0.6) is 0 Å². The minimum atomic E-state index is -0.620. The molecule has 13 heavy (non-hydrogen) atoms. The van der Waals surface area contributed by atoms with Crippen LogP contribution < -0.4 is 5.32 Å². The molecule has 0 saturated carbocycles. The molecule has 0 heterocycles. The van der Waals surface area contributed by atoms with Crippen LogP contribution in [0.25, 0.3) is 0 Å². The van der Waals surface area contributed by atoms with E-state index in [9.17, 15) is 9.90 Å². The van der Waals surface area contributed by atoms with Gasteiger partial charge in [0, 0.05) is 6.54 Å². The molecule has 1 aromatic rings. The number of aliphatic hydroxyl groups excluding tert-OH is 1. The van der Waals surface area contributed by atoms with E-state index in [2.05, 4.69) is 5.32 Å². The van der Waals surface area contributed by atoms with Crippen LogP contribution in [-0.4, -0.2) is 18.1 Å². The molecule has 0 aromatic heterocycles. The molecule has 1 atom stereocenters. The van der Waals surface area contributed by atoms with E-state index in [1.807, 2.05) is 31.2 Å². The first kappa shape index (κ1) is 9.74. The summed E-state index contributed by atoms with van der Waals surface area (Å²) in [4.78, 5) is 9.97. The highest BCUT2D eigenvalue weighted by molar-refractivity contribution is 5.46. The van der Waals surface area contributed by atoms with Crippen molar-refractivity contribution in [2.45, 2.75) is 13.0 Å². The number of aliphatic hydroxyl groups is 1. The molecule has 1 rings (SSSR count). The Hall–Kier alpha value is -1.35. The molecular formula is C10H13NO2. The lowest BCUT2D eigenvalue weighted by molar-refractivity contribution is -0.109. The molecule has 1 amide bonds. The summed E-state index contributed by atoms with van der Waals surface area (Å²) in [5.41, 5.74) is 1.97. The fourth-order valence-corrected chi connectivity index (χ4v) is 1.07. The van der Waals surface area contributed by atoms with Crippen LogP contribution in [0.1, 0.15) is 17.2 Å². The van der Waals surface area contributed by atoms with Crippen LogP contribution in [0.15, 0.2) is 24.3 Å². The van der Waals surface area contributed by atoms with Crippen LogP contribution >= 0.6 is 0 Å². The van der Waals surface area contributed by atoms with Crippen LogP contribution in [-0.2, 0) is 4.79 Å². The molecule has 0 bridgehead atoms. The van der Waals surface area contributed by atoms with Crippen molar-refractivity contribution >= 4 is 6.41 Å². The number of hydrogen-bond acceptors (Lipinski definition) is 2. The van der Waals surface area contributed by atoms with Crippen molar-refractivity contribution in [1.29, 1.82) is 0 Å². The molecule has 0 aliphatic rings. The fraction of sp³-hybridized carbons (Fsp3) is 0.300. The Morgan fingerprint density at radius 1 is 1.46 bits per heavy atom. The first-order chi connectivity index (χ1) is 6.24. The maximum atomic E-state index is 9.97. The average Bonchev–Trinajstić information content (AvgIpc) is 2.15. The van der Waals surface area contributed by atoms with E-state index in [4.69, 9.17) is 0 Å². The van der Waals surface area contributed by atoms with E-state index < -0.39 is 6.10 Å². The summed E-state index contributed by atoms with van der Waals surface area (Å²) in [7, 11) is 0. The minimum Gasteiger partial charge on any atom is -0.387 e. The zero-order valence-electron chi connectivity index (χ0n) is 7.53. The van der Waals surface area contributed by atoms with Gasteiger partial charge < -0.3 is 10.4 Å². The van der Waals surface area contributed by atoms with Gasteiger partial charge in [0.15, 0.2) is 0 Å². The Morgan fingerprint density at radius 2 is 2.08 bits per heavy atom. The Morgan fingerprint density at radius 3 is 2.62 bits per heavy atom. The summed E-state index contributed by atoms with van der Waals surface area (Å²) in [5.74, 6) is 0. The first-order valence-electron chi connectivity index (χ1n) is 4.15.